The highest BCUT2D eigenvalue weighted by atomic mass is 14.7. The van der Waals surface area contributed by atoms with Crippen molar-refractivity contribution in [3.05, 3.63) is 34.0 Å². The van der Waals surface area contributed by atoms with Crippen molar-refractivity contribution in [3.8, 4) is 0 Å². The Hall–Kier alpha value is -1.24. The molecule has 1 heteroatoms. The molecule has 74 valence electrons. The van der Waals surface area contributed by atoms with E-state index >= 15 is 0 Å². The van der Waals surface area contributed by atoms with Crippen molar-refractivity contribution in [2.24, 2.45) is 0 Å². The quantitative estimate of drug-likeness (QED) is 0.647. The fourth-order valence-corrected chi connectivity index (χ4v) is 2.19. The van der Waals surface area contributed by atoms with Crippen LogP contribution in [-0.4, -0.2) is 4.98 Å². The summed E-state index contributed by atoms with van der Waals surface area (Å²) in [6.45, 7) is 10.9. The lowest BCUT2D eigenvalue weighted by molar-refractivity contribution is 1.25. The van der Waals surface area contributed by atoms with Crippen LogP contribution in [0.5, 0.6) is 0 Å². The molecule has 1 aromatic heterocycles. The highest BCUT2D eigenvalue weighted by molar-refractivity contribution is 5.90. The summed E-state index contributed by atoms with van der Waals surface area (Å²) in [4.78, 5) is 3.46. The fraction of sp³-hybridized carbons (Fsp3) is 0.385. The number of hydrogen-bond acceptors (Lipinski definition) is 0. The van der Waals surface area contributed by atoms with E-state index in [1.54, 1.807) is 0 Å². The van der Waals surface area contributed by atoms with Crippen LogP contribution in [0, 0.1) is 34.6 Å². The second-order valence-corrected chi connectivity index (χ2v) is 4.26. The van der Waals surface area contributed by atoms with Crippen molar-refractivity contribution in [1.29, 1.82) is 0 Å². The maximum atomic E-state index is 3.46. The molecule has 0 fully saturated rings. The van der Waals surface area contributed by atoms with Gasteiger partial charge in [0, 0.05) is 16.6 Å². The second-order valence-electron chi connectivity index (χ2n) is 4.26. The SMILES string of the molecule is Cc1cc(C)c2[nH]c(C)c(C)c2c1C. The first-order valence-electron chi connectivity index (χ1n) is 5.08. The third-order valence-electron chi connectivity index (χ3n) is 3.29. The van der Waals surface area contributed by atoms with Gasteiger partial charge in [-0.15, -0.1) is 0 Å². The minimum absolute atomic E-state index is 1.29. The van der Waals surface area contributed by atoms with Gasteiger partial charge in [0.15, 0.2) is 0 Å². The maximum Gasteiger partial charge on any atom is 0.0491 e. The molecule has 2 aromatic rings. The van der Waals surface area contributed by atoms with Crippen molar-refractivity contribution < 1.29 is 0 Å². The molecular formula is C13H17N. The monoisotopic (exact) mass is 187 g/mol. The minimum Gasteiger partial charge on any atom is -0.358 e. The Bertz CT molecular complexity index is 504. The lowest BCUT2D eigenvalue weighted by Gasteiger charge is -2.05. The van der Waals surface area contributed by atoms with Gasteiger partial charge in [0.05, 0.1) is 0 Å². The van der Waals surface area contributed by atoms with Gasteiger partial charge in [0.1, 0.15) is 0 Å². The zero-order valence-corrected chi connectivity index (χ0v) is 9.58. The molecule has 0 atom stereocenters. The Morgan fingerprint density at radius 2 is 1.50 bits per heavy atom. The number of rotatable bonds is 0. The minimum atomic E-state index is 1.29. The van der Waals surface area contributed by atoms with Crippen molar-refractivity contribution >= 4 is 10.9 Å². The van der Waals surface area contributed by atoms with Gasteiger partial charge < -0.3 is 4.98 Å². The van der Waals surface area contributed by atoms with E-state index in [-0.39, 0.29) is 0 Å². The van der Waals surface area contributed by atoms with E-state index in [1.165, 1.54) is 38.9 Å². The number of fused-ring (bicyclic) bond motifs is 1. The van der Waals surface area contributed by atoms with Crippen LogP contribution in [0.2, 0.25) is 0 Å². The molecule has 0 bridgehead atoms. The number of H-pyrrole nitrogens is 1. The van der Waals surface area contributed by atoms with E-state index < -0.39 is 0 Å². The zero-order chi connectivity index (χ0) is 10.5. The Balaban J connectivity index is 3.03. The summed E-state index contributed by atoms with van der Waals surface area (Å²) in [6, 6.07) is 2.26. The van der Waals surface area contributed by atoms with Crippen LogP contribution >= 0.6 is 0 Å². The largest absolute Gasteiger partial charge is 0.358 e. The lowest BCUT2D eigenvalue weighted by atomic mass is 9.99. The maximum absolute atomic E-state index is 3.46. The van der Waals surface area contributed by atoms with Gasteiger partial charge in [-0.05, 0) is 56.9 Å². The molecule has 0 radical (unpaired) electrons. The van der Waals surface area contributed by atoms with Crippen molar-refractivity contribution in [2.45, 2.75) is 34.6 Å². The van der Waals surface area contributed by atoms with Crippen molar-refractivity contribution in [1.82, 2.24) is 4.98 Å². The molecule has 1 nitrogen and oxygen atoms in total. The summed E-state index contributed by atoms with van der Waals surface area (Å²) in [5, 5.41) is 1.42. The Morgan fingerprint density at radius 1 is 0.857 bits per heavy atom. The Morgan fingerprint density at radius 3 is 2.14 bits per heavy atom. The molecule has 0 aliphatic heterocycles. The van der Waals surface area contributed by atoms with Crippen molar-refractivity contribution in [3.63, 3.8) is 0 Å². The van der Waals surface area contributed by atoms with Crippen LogP contribution < -0.4 is 0 Å². The fourth-order valence-electron chi connectivity index (χ4n) is 2.19. The van der Waals surface area contributed by atoms with Crippen LogP contribution in [0.1, 0.15) is 27.9 Å². The molecular weight excluding hydrogens is 170 g/mol. The van der Waals surface area contributed by atoms with Gasteiger partial charge in [0.2, 0.25) is 0 Å². The zero-order valence-electron chi connectivity index (χ0n) is 9.58. The predicted molar refractivity (Wildman–Crippen MR) is 62.0 cm³/mol. The summed E-state index contributed by atoms with van der Waals surface area (Å²) < 4.78 is 0. The standard InChI is InChI=1S/C13H17N/c1-7-6-8(2)13-12(9(7)3)10(4)11(5)14-13/h6,14H,1-5H3. The topological polar surface area (TPSA) is 15.8 Å². The molecule has 1 N–H and O–H groups in total. The number of hydrogen-bond donors (Lipinski definition) is 1. The van der Waals surface area contributed by atoms with E-state index in [0.717, 1.165) is 0 Å². The molecule has 14 heavy (non-hydrogen) atoms. The van der Waals surface area contributed by atoms with E-state index in [1.807, 2.05) is 0 Å². The Kier molecular flexibility index (Phi) is 1.91. The van der Waals surface area contributed by atoms with E-state index in [0.29, 0.717) is 0 Å². The lowest BCUT2D eigenvalue weighted by Crippen LogP contribution is -1.86. The molecule has 0 amide bonds. The summed E-state index contributed by atoms with van der Waals surface area (Å²) in [5.41, 5.74) is 8.13. The first kappa shape index (κ1) is 9.32. The normalized spacial score (nSPS) is 11.2. The third kappa shape index (κ3) is 1.08. The summed E-state index contributed by atoms with van der Waals surface area (Å²) in [7, 11) is 0. The molecule has 0 unspecified atom stereocenters. The van der Waals surface area contributed by atoms with Crippen molar-refractivity contribution in [2.75, 3.05) is 0 Å². The molecule has 0 saturated carbocycles. The Labute approximate surface area is 85.1 Å². The van der Waals surface area contributed by atoms with Crippen LogP contribution in [0.4, 0.5) is 0 Å². The van der Waals surface area contributed by atoms with Gasteiger partial charge in [0.25, 0.3) is 0 Å². The molecule has 0 aliphatic carbocycles. The summed E-state index contributed by atoms with van der Waals surface area (Å²) in [5.74, 6) is 0. The number of aryl methyl sites for hydroxylation is 5. The average molecular weight is 187 g/mol. The molecule has 1 heterocycles. The van der Waals surface area contributed by atoms with Crippen LogP contribution in [-0.2, 0) is 0 Å². The molecule has 1 aromatic carbocycles. The predicted octanol–water partition coefficient (Wildman–Crippen LogP) is 3.71. The molecule has 0 aliphatic rings. The van der Waals surface area contributed by atoms with Gasteiger partial charge >= 0.3 is 0 Å². The smallest absolute Gasteiger partial charge is 0.0491 e. The average Bonchev–Trinajstić information content (AvgIpc) is 2.41. The number of aromatic nitrogens is 1. The van der Waals surface area contributed by atoms with E-state index in [9.17, 15) is 0 Å². The molecule has 0 saturated heterocycles. The third-order valence-corrected chi connectivity index (χ3v) is 3.29. The number of nitrogens with one attached hydrogen (secondary N) is 1. The van der Waals surface area contributed by atoms with Gasteiger partial charge in [-0.3, -0.25) is 0 Å². The van der Waals surface area contributed by atoms with E-state index in [2.05, 4.69) is 45.7 Å². The summed E-state index contributed by atoms with van der Waals surface area (Å²) >= 11 is 0. The number of benzene rings is 1. The van der Waals surface area contributed by atoms with E-state index in [4.69, 9.17) is 0 Å². The molecule has 0 spiro atoms. The van der Waals surface area contributed by atoms with Gasteiger partial charge in [-0.1, -0.05) is 6.07 Å². The highest BCUT2D eigenvalue weighted by Crippen LogP contribution is 2.29. The first-order valence-corrected chi connectivity index (χ1v) is 5.08. The van der Waals surface area contributed by atoms with Crippen LogP contribution in [0.3, 0.4) is 0 Å². The van der Waals surface area contributed by atoms with Gasteiger partial charge in [-0.25, -0.2) is 0 Å². The second kappa shape index (κ2) is 2.88. The first-order chi connectivity index (χ1) is 6.52. The number of aromatic amines is 1. The van der Waals surface area contributed by atoms with Gasteiger partial charge in [-0.2, -0.15) is 0 Å². The molecule has 2 rings (SSSR count). The summed E-state index contributed by atoms with van der Waals surface area (Å²) in [6.07, 6.45) is 0. The van der Waals surface area contributed by atoms with Crippen LogP contribution in [0.25, 0.3) is 10.9 Å². The van der Waals surface area contributed by atoms with Crippen LogP contribution in [0.15, 0.2) is 6.07 Å². The highest BCUT2D eigenvalue weighted by Gasteiger charge is 2.10.